The van der Waals surface area contributed by atoms with Gasteiger partial charge in [-0.2, -0.15) is 5.10 Å². The summed E-state index contributed by atoms with van der Waals surface area (Å²) in [5, 5.41) is 11.2. The first-order chi connectivity index (χ1) is 14.1. The number of aryl methyl sites for hydroxylation is 3. The highest BCUT2D eigenvalue weighted by atomic mass is 16.2. The van der Waals surface area contributed by atoms with Gasteiger partial charge in [-0.1, -0.05) is 36.8 Å². The summed E-state index contributed by atoms with van der Waals surface area (Å²) < 4.78 is 3.45. The zero-order valence-corrected chi connectivity index (χ0v) is 17.9. The first-order valence-electron chi connectivity index (χ1n) is 10.8. The lowest BCUT2D eigenvalue weighted by molar-refractivity contribution is 0.509. The molecule has 0 aliphatic carbocycles. The molecule has 0 saturated heterocycles. The van der Waals surface area contributed by atoms with Crippen LogP contribution in [0, 0.1) is 6.92 Å². The van der Waals surface area contributed by atoms with Crippen molar-refractivity contribution >= 4 is 5.96 Å². The molecule has 1 aromatic heterocycles. The van der Waals surface area contributed by atoms with Crippen LogP contribution in [-0.2, 0) is 19.5 Å². The molecule has 2 N–H and O–H groups in total. The van der Waals surface area contributed by atoms with Gasteiger partial charge >= 0.3 is 5.69 Å². The molecule has 0 bridgehead atoms. The number of aliphatic imine (C=N–C) groups is 1. The van der Waals surface area contributed by atoms with Crippen molar-refractivity contribution in [3.63, 3.8) is 0 Å². The van der Waals surface area contributed by atoms with Crippen molar-refractivity contribution in [2.24, 2.45) is 4.99 Å². The maximum absolute atomic E-state index is 12.4. The van der Waals surface area contributed by atoms with E-state index >= 15 is 0 Å². The number of nitrogens with zero attached hydrogens (tertiary/aromatic N) is 4. The van der Waals surface area contributed by atoms with Crippen molar-refractivity contribution in [1.82, 2.24) is 25.0 Å². The molecule has 1 atom stereocenters. The monoisotopic (exact) mass is 398 g/mol. The van der Waals surface area contributed by atoms with E-state index in [-0.39, 0.29) is 5.69 Å². The summed E-state index contributed by atoms with van der Waals surface area (Å²) in [6.07, 6.45) is 3.94. The number of rotatable bonds is 8. The van der Waals surface area contributed by atoms with E-state index in [2.05, 4.69) is 60.8 Å². The van der Waals surface area contributed by atoms with Crippen molar-refractivity contribution in [3.05, 3.63) is 51.7 Å². The summed E-state index contributed by atoms with van der Waals surface area (Å²) in [5.41, 5.74) is 2.61. The Morgan fingerprint density at radius 1 is 1.24 bits per heavy atom. The Bertz CT molecular complexity index is 864. The van der Waals surface area contributed by atoms with Crippen molar-refractivity contribution in [1.29, 1.82) is 0 Å². The van der Waals surface area contributed by atoms with Gasteiger partial charge in [0.15, 0.2) is 5.96 Å². The van der Waals surface area contributed by atoms with Gasteiger partial charge in [0.05, 0.1) is 0 Å². The van der Waals surface area contributed by atoms with Crippen LogP contribution >= 0.6 is 0 Å². The molecule has 0 fully saturated rings. The highest BCUT2D eigenvalue weighted by molar-refractivity contribution is 5.79. The number of guanidine groups is 1. The topological polar surface area (TPSA) is 76.2 Å². The number of aromatic nitrogens is 3. The molecule has 2 heterocycles. The quantitative estimate of drug-likeness (QED) is 0.407. The van der Waals surface area contributed by atoms with Crippen molar-refractivity contribution in [3.8, 4) is 0 Å². The van der Waals surface area contributed by atoms with E-state index in [1.54, 1.807) is 4.68 Å². The summed E-state index contributed by atoms with van der Waals surface area (Å²) in [5.74, 6) is 2.12. The fourth-order valence-electron chi connectivity index (χ4n) is 3.60. The summed E-state index contributed by atoms with van der Waals surface area (Å²) >= 11 is 0. The van der Waals surface area contributed by atoms with E-state index < -0.39 is 0 Å². The molecule has 1 aliphatic heterocycles. The SMILES string of the molecule is CCNC(=NCC(C)c1ccc(C)cc1)NCCCn1nc2n(c1=O)CCCC2. The van der Waals surface area contributed by atoms with Crippen LogP contribution in [0.2, 0.25) is 0 Å². The zero-order valence-electron chi connectivity index (χ0n) is 17.9. The summed E-state index contributed by atoms with van der Waals surface area (Å²) in [7, 11) is 0. The second-order valence-electron chi connectivity index (χ2n) is 7.84. The van der Waals surface area contributed by atoms with Crippen molar-refractivity contribution in [2.45, 2.75) is 65.5 Å². The molecule has 1 aliphatic rings. The molecule has 7 nitrogen and oxygen atoms in total. The van der Waals surface area contributed by atoms with Gasteiger partial charge < -0.3 is 10.6 Å². The maximum atomic E-state index is 12.4. The van der Waals surface area contributed by atoms with Gasteiger partial charge in [0.1, 0.15) is 5.82 Å². The third-order valence-electron chi connectivity index (χ3n) is 5.38. The minimum Gasteiger partial charge on any atom is -0.357 e. The number of hydrogen-bond donors (Lipinski definition) is 2. The lowest BCUT2D eigenvalue weighted by atomic mass is 10.0. The minimum absolute atomic E-state index is 0.0344. The Hall–Kier alpha value is -2.57. The molecular formula is C22H34N6O. The summed E-state index contributed by atoms with van der Waals surface area (Å²) in [6.45, 7) is 10.1. The van der Waals surface area contributed by atoms with Gasteiger partial charge in [0.2, 0.25) is 0 Å². The molecule has 0 saturated carbocycles. The minimum atomic E-state index is 0.0344. The van der Waals surface area contributed by atoms with Crippen LogP contribution in [0.3, 0.4) is 0 Å². The Morgan fingerprint density at radius 3 is 2.76 bits per heavy atom. The van der Waals surface area contributed by atoms with Gasteiger partial charge in [-0.05, 0) is 38.7 Å². The van der Waals surface area contributed by atoms with Crippen LogP contribution in [0.15, 0.2) is 34.1 Å². The van der Waals surface area contributed by atoms with E-state index in [9.17, 15) is 4.79 Å². The Labute approximate surface area is 173 Å². The molecule has 1 unspecified atom stereocenters. The van der Waals surface area contributed by atoms with Crippen molar-refractivity contribution < 1.29 is 0 Å². The fourth-order valence-corrected chi connectivity index (χ4v) is 3.60. The second kappa shape index (κ2) is 10.3. The van der Waals surface area contributed by atoms with E-state index in [0.29, 0.717) is 12.5 Å². The van der Waals surface area contributed by atoms with Crippen LogP contribution in [0.4, 0.5) is 0 Å². The predicted molar refractivity (Wildman–Crippen MR) is 118 cm³/mol. The maximum Gasteiger partial charge on any atom is 0.345 e. The molecule has 1 aromatic carbocycles. The van der Waals surface area contributed by atoms with Crippen LogP contribution in [-0.4, -0.2) is 39.9 Å². The standard InChI is InChI=1S/C22H34N6O/c1-4-23-21(25-16-18(3)19-11-9-17(2)10-12-19)24-13-7-15-28-22(29)27-14-6-5-8-20(27)26-28/h9-12,18H,4-8,13-16H2,1-3H3,(H2,23,24,25). The fraction of sp³-hybridized carbons (Fsp3) is 0.591. The highest BCUT2D eigenvalue weighted by Gasteiger charge is 2.16. The van der Waals surface area contributed by atoms with Gasteiger partial charge in [-0.25, -0.2) is 9.48 Å². The number of benzene rings is 1. The van der Waals surface area contributed by atoms with Gasteiger partial charge in [0, 0.05) is 45.1 Å². The third kappa shape index (κ3) is 5.71. The van der Waals surface area contributed by atoms with Crippen LogP contribution < -0.4 is 16.3 Å². The number of nitrogens with one attached hydrogen (secondary N) is 2. The van der Waals surface area contributed by atoms with E-state index in [1.807, 2.05) is 4.57 Å². The predicted octanol–water partition coefficient (Wildman–Crippen LogP) is 2.44. The molecule has 2 aromatic rings. The first-order valence-corrected chi connectivity index (χ1v) is 10.8. The van der Waals surface area contributed by atoms with Gasteiger partial charge in [-0.3, -0.25) is 9.56 Å². The van der Waals surface area contributed by atoms with Crippen molar-refractivity contribution in [2.75, 3.05) is 19.6 Å². The molecule has 29 heavy (non-hydrogen) atoms. The Balaban J connectivity index is 1.49. The molecule has 7 heteroatoms. The zero-order chi connectivity index (χ0) is 20.6. The van der Waals surface area contributed by atoms with Crippen LogP contribution in [0.1, 0.15) is 56.0 Å². The van der Waals surface area contributed by atoms with E-state index in [4.69, 9.17) is 4.99 Å². The molecule has 0 radical (unpaired) electrons. The average Bonchev–Trinajstić information content (AvgIpc) is 3.05. The van der Waals surface area contributed by atoms with Gasteiger partial charge in [-0.15, -0.1) is 0 Å². The average molecular weight is 399 g/mol. The van der Waals surface area contributed by atoms with Crippen LogP contribution in [0.25, 0.3) is 0 Å². The molecule has 3 rings (SSSR count). The Morgan fingerprint density at radius 2 is 2.03 bits per heavy atom. The third-order valence-corrected chi connectivity index (χ3v) is 5.38. The molecule has 158 valence electrons. The van der Waals surface area contributed by atoms with Gasteiger partial charge in [0.25, 0.3) is 0 Å². The molecule has 0 spiro atoms. The Kier molecular flexibility index (Phi) is 7.49. The first kappa shape index (κ1) is 21.1. The summed E-state index contributed by atoms with van der Waals surface area (Å²) in [6, 6.07) is 8.65. The molecule has 0 amide bonds. The van der Waals surface area contributed by atoms with E-state index in [0.717, 1.165) is 63.6 Å². The number of fused-ring (bicyclic) bond motifs is 1. The van der Waals surface area contributed by atoms with Crippen LogP contribution in [0.5, 0.6) is 0 Å². The second-order valence-corrected chi connectivity index (χ2v) is 7.84. The molecular weight excluding hydrogens is 364 g/mol. The summed E-state index contributed by atoms with van der Waals surface area (Å²) in [4.78, 5) is 17.1. The smallest absolute Gasteiger partial charge is 0.345 e. The normalized spacial score (nSPS) is 15.1. The number of hydrogen-bond acceptors (Lipinski definition) is 3. The lowest BCUT2D eigenvalue weighted by Gasteiger charge is -2.14. The van der Waals surface area contributed by atoms with E-state index in [1.165, 1.54) is 11.1 Å². The largest absolute Gasteiger partial charge is 0.357 e. The highest BCUT2D eigenvalue weighted by Crippen LogP contribution is 2.16. The lowest BCUT2D eigenvalue weighted by Crippen LogP contribution is -2.38.